The molecule has 1 heterocycles. The van der Waals surface area contributed by atoms with Crippen LogP contribution in [0, 0.1) is 11.3 Å². The van der Waals surface area contributed by atoms with Gasteiger partial charge in [-0.2, -0.15) is 5.26 Å². The highest BCUT2D eigenvalue weighted by Crippen LogP contribution is 1.85. The lowest BCUT2D eigenvalue weighted by atomic mass is 10.5. The predicted octanol–water partition coefficient (Wildman–Crippen LogP) is -0.691. The molecular formula is C9H12N4O2. The van der Waals surface area contributed by atoms with Gasteiger partial charge in [0.25, 0.3) is 0 Å². The highest BCUT2D eigenvalue weighted by atomic mass is 16.2. The van der Waals surface area contributed by atoms with Gasteiger partial charge in [-0.15, -0.1) is 0 Å². The van der Waals surface area contributed by atoms with Gasteiger partial charge in [0, 0.05) is 18.9 Å². The highest BCUT2D eigenvalue weighted by molar-refractivity contribution is 5.75. The molecule has 6 nitrogen and oxygen atoms in total. The molecule has 1 N–H and O–H groups in total. The Balaban J connectivity index is 2.66. The minimum atomic E-state index is -0.340. The average molecular weight is 208 g/mol. The van der Waals surface area contributed by atoms with Crippen molar-refractivity contribution in [1.82, 2.24) is 14.5 Å². The summed E-state index contributed by atoms with van der Waals surface area (Å²) in [4.78, 5) is 22.7. The Morgan fingerprint density at radius 1 is 1.53 bits per heavy atom. The maximum Gasteiger partial charge on any atom is 0.328 e. The largest absolute Gasteiger partial charge is 0.341 e. The van der Waals surface area contributed by atoms with Gasteiger partial charge in [-0.25, -0.2) is 4.79 Å². The van der Waals surface area contributed by atoms with E-state index in [1.54, 1.807) is 18.5 Å². The number of nitriles is 1. The summed E-state index contributed by atoms with van der Waals surface area (Å²) in [6, 6.07) is 1.79. The van der Waals surface area contributed by atoms with Gasteiger partial charge in [0.05, 0.1) is 6.07 Å². The first-order valence-corrected chi connectivity index (χ1v) is 4.58. The van der Waals surface area contributed by atoms with Crippen LogP contribution in [0.4, 0.5) is 0 Å². The molecule has 0 aromatic carbocycles. The summed E-state index contributed by atoms with van der Waals surface area (Å²) in [5, 5.41) is 10.6. The number of carbonyl (C=O) groups excluding carboxylic acids is 1. The minimum Gasteiger partial charge on any atom is -0.341 e. The summed E-state index contributed by atoms with van der Waals surface area (Å²) in [7, 11) is 0. The molecule has 0 spiro atoms. The standard InChI is InChI=1S/C9H12N4O2/c1-2-12-5-6-13(9(12)15)7-8(14)11-4-3-10/h5-6H,2,4,7H2,1H3,(H,11,14). The van der Waals surface area contributed by atoms with Crippen LogP contribution in [0.15, 0.2) is 17.2 Å². The van der Waals surface area contributed by atoms with Crippen molar-refractivity contribution in [3.05, 3.63) is 22.9 Å². The second-order valence-corrected chi connectivity index (χ2v) is 2.93. The molecule has 0 radical (unpaired) electrons. The van der Waals surface area contributed by atoms with E-state index in [4.69, 9.17) is 5.26 Å². The molecule has 6 heteroatoms. The first kappa shape index (κ1) is 11.0. The lowest BCUT2D eigenvalue weighted by molar-refractivity contribution is -0.121. The van der Waals surface area contributed by atoms with Crippen molar-refractivity contribution < 1.29 is 4.79 Å². The Labute approximate surface area is 86.7 Å². The van der Waals surface area contributed by atoms with Crippen molar-refractivity contribution in [2.24, 2.45) is 0 Å². The van der Waals surface area contributed by atoms with Gasteiger partial charge in [-0.3, -0.25) is 13.9 Å². The zero-order chi connectivity index (χ0) is 11.3. The summed E-state index contributed by atoms with van der Waals surface area (Å²) in [6.07, 6.45) is 3.18. The zero-order valence-electron chi connectivity index (χ0n) is 8.43. The third-order valence-electron chi connectivity index (χ3n) is 1.94. The Bertz CT molecular complexity index is 438. The SMILES string of the molecule is CCn1ccn(CC(=O)NCC#N)c1=O. The van der Waals surface area contributed by atoms with E-state index in [9.17, 15) is 9.59 Å². The number of aromatic nitrogens is 2. The maximum absolute atomic E-state index is 11.5. The lowest BCUT2D eigenvalue weighted by Gasteiger charge is -2.00. The summed E-state index contributed by atoms with van der Waals surface area (Å²) in [6.45, 7) is 2.34. The van der Waals surface area contributed by atoms with Crippen LogP contribution >= 0.6 is 0 Å². The molecule has 0 aliphatic carbocycles. The molecule has 0 saturated heterocycles. The first-order valence-electron chi connectivity index (χ1n) is 4.58. The van der Waals surface area contributed by atoms with Crippen molar-refractivity contribution >= 4 is 5.91 Å². The first-order chi connectivity index (χ1) is 7.19. The van der Waals surface area contributed by atoms with Crippen LogP contribution in [-0.4, -0.2) is 21.6 Å². The van der Waals surface area contributed by atoms with E-state index >= 15 is 0 Å². The second kappa shape index (κ2) is 5.00. The van der Waals surface area contributed by atoms with Gasteiger partial charge >= 0.3 is 5.69 Å². The van der Waals surface area contributed by atoms with Crippen LogP contribution in [0.25, 0.3) is 0 Å². The van der Waals surface area contributed by atoms with E-state index < -0.39 is 0 Å². The van der Waals surface area contributed by atoms with Crippen molar-refractivity contribution in [1.29, 1.82) is 5.26 Å². The second-order valence-electron chi connectivity index (χ2n) is 2.93. The number of hydrogen-bond acceptors (Lipinski definition) is 3. The van der Waals surface area contributed by atoms with Crippen molar-refractivity contribution in [3.63, 3.8) is 0 Å². The van der Waals surface area contributed by atoms with Crippen LogP contribution in [0.2, 0.25) is 0 Å². The Kier molecular flexibility index (Phi) is 3.68. The van der Waals surface area contributed by atoms with Gasteiger partial charge in [0.1, 0.15) is 13.1 Å². The van der Waals surface area contributed by atoms with Crippen LogP contribution in [0.5, 0.6) is 0 Å². The van der Waals surface area contributed by atoms with Crippen LogP contribution in [0.3, 0.4) is 0 Å². The molecule has 0 bridgehead atoms. The summed E-state index contributed by atoms with van der Waals surface area (Å²) < 4.78 is 2.80. The zero-order valence-corrected chi connectivity index (χ0v) is 8.43. The number of amides is 1. The quantitative estimate of drug-likeness (QED) is 0.665. The molecule has 0 aliphatic heterocycles. The summed E-state index contributed by atoms with van der Waals surface area (Å²) >= 11 is 0. The van der Waals surface area contributed by atoms with Crippen LogP contribution in [0.1, 0.15) is 6.92 Å². The third kappa shape index (κ3) is 2.71. The monoisotopic (exact) mass is 208 g/mol. The van der Waals surface area contributed by atoms with Gasteiger partial charge in [0.15, 0.2) is 0 Å². The number of nitrogens with one attached hydrogen (secondary N) is 1. The molecule has 0 saturated carbocycles. The van der Waals surface area contributed by atoms with Gasteiger partial charge in [-0.05, 0) is 6.92 Å². The number of rotatable bonds is 4. The molecule has 0 atom stereocenters. The minimum absolute atomic E-state index is 0.0396. The average Bonchev–Trinajstić information content (AvgIpc) is 2.57. The van der Waals surface area contributed by atoms with Crippen molar-refractivity contribution in [2.75, 3.05) is 6.54 Å². The fraction of sp³-hybridized carbons (Fsp3) is 0.444. The summed E-state index contributed by atoms with van der Waals surface area (Å²) in [5.74, 6) is -0.340. The molecule has 0 fully saturated rings. The third-order valence-corrected chi connectivity index (χ3v) is 1.94. The van der Waals surface area contributed by atoms with E-state index in [1.165, 1.54) is 9.13 Å². The molecule has 1 aromatic heterocycles. The Morgan fingerprint density at radius 2 is 2.20 bits per heavy atom. The number of carbonyl (C=O) groups is 1. The van der Waals surface area contributed by atoms with Gasteiger partial charge < -0.3 is 5.32 Å². The fourth-order valence-electron chi connectivity index (χ4n) is 1.16. The molecule has 0 unspecified atom stereocenters. The van der Waals surface area contributed by atoms with E-state index in [0.29, 0.717) is 6.54 Å². The molecule has 1 amide bonds. The maximum atomic E-state index is 11.5. The highest BCUT2D eigenvalue weighted by Gasteiger charge is 2.05. The van der Waals surface area contributed by atoms with Crippen molar-refractivity contribution in [2.45, 2.75) is 20.0 Å². The van der Waals surface area contributed by atoms with E-state index in [1.807, 2.05) is 6.92 Å². The molecular weight excluding hydrogens is 196 g/mol. The predicted molar refractivity (Wildman–Crippen MR) is 53.0 cm³/mol. The smallest absolute Gasteiger partial charge is 0.328 e. The molecule has 0 aliphatic rings. The van der Waals surface area contributed by atoms with Crippen LogP contribution < -0.4 is 11.0 Å². The van der Waals surface area contributed by atoms with Gasteiger partial charge in [0.2, 0.25) is 5.91 Å². The molecule has 1 rings (SSSR count). The van der Waals surface area contributed by atoms with Gasteiger partial charge in [-0.1, -0.05) is 0 Å². The van der Waals surface area contributed by atoms with E-state index in [2.05, 4.69) is 5.32 Å². The van der Waals surface area contributed by atoms with E-state index in [0.717, 1.165) is 0 Å². The fourth-order valence-corrected chi connectivity index (χ4v) is 1.16. The van der Waals surface area contributed by atoms with Crippen molar-refractivity contribution in [3.8, 4) is 6.07 Å². The van der Waals surface area contributed by atoms with E-state index in [-0.39, 0.29) is 24.7 Å². The topological polar surface area (TPSA) is 79.8 Å². The Hall–Kier alpha value is -2.03. The van der Waals surface area contributed by atoms with Crippen LogP contribution in [-0.2, 0) is 17.9 Å². The number of aryl methyl sites for hydroxylation is 1. The molecule has 15 heavy (non-hydrogen) atoms. The lowest BCUT2D eigenvalue weighted by Crippen LogP contribution is -2.32. The molecule has 1 aromatic rings. The summed E-state index contributed by atoms with van der Waals surface area (Å²) in [5.41, 5.74) is -0.218. The normalized spacial score (nSPS) is 9.60. The number of imidazole rings is 1. The molecule has 80 valence electrons. The Morgan fingerprint density at radius 3 is 2.73 bits per heavy atom. The number of nitrogens with zero attached hydrogens (tertiary/aromatic N) is 3. The number of hydrogen-bond donors (Lipinski definition) is 1.